The van der Waals surface area contributed by atoms with Gasteiger partial charge in [0, 0.05) is 63.4 Å². The number of epoxide rings is 1. The molecule has 2 saturated carbocycles. The molecule has 48 heavy (non-hydrogen) atoms. The summed E-state index contributed by atoms with van der Waals surface area (Å²) >= 11 is 0. The molecule has 11 atom stereocenters. The summed E-state index contributed by atoms with van der Waals surface area (Å²) in [5.41, 5.74) is -3.46. The minimum atomic E-state index is -2.04. The lowest BCUT2D eigenvalue weighted by atomic mass is 9.70. The van der Waals surface area contributed by atoms with Crippen molar-refractivity contribution in [2.75, 3.05) is 0 Å². The van der Waals surface area contributed by atoms with Crippen LogP contribution in [0.1, 0.15) is 72.2 Å². The van der Waals surface area contributed by atoms with E-state index < -0.39 is 107 Å². The van der Waals surface area contributed by atoms with Crippen LogP contribution in [0.4, 0.5) is 0 Å². The third-order valence-electron chi connectivity index (χ3n) is 9.42. The maximum absolute atomic E-state index is 14.7. The number of aromatic nitrogens is 1. The number of nitrogens with zero attached hydrogens (tertiary/aromatic N) is 1. The second kappa shape index (κ2) is 13.7. The Morgan fingerprint density at radius 1 is 0.938 bits per heavy atom. The van der Waals surface area contributed by atoms with Crippen molar-refractivity contribution < 1.29 is 62.3 Å². The molecule has 4 rings (SSSR count). The molecule has 1 N–H and O–H groups in total. The van der Waals surface area contributed by atoms with E-state index in [2.05, 4.69) is 11.6 Å². The predicted molar refractivity (Wildman–Crippen MR) is 164 cm³/mol. The van der Waals surface area contributed by atoms with Gasteiger partial charge in [0.15, 0.2) is 17.5 Å². The number of aliphatic hydroxyl groups excluding tert-OH is 1. The number of aliphatic hydroxyl groups is 1. The predicted octanol–water partition coefficient (Wildman–Crippen LogP) is 2.29. The van der Waals surface area contributed by atoms with Gasteiger partial charge >= 0.3 is 29.8 Å². The van der Waals surface area contributed by atoms with Crippen LogP contribution in [0.3, 0.4) is 0 Å². The zero-order chi connectivity index (χ0) is 35.9. The van der Waals surface area contributed by atoms with E-state index in [9.17, 15) is 33.9 Å². The lowest BCUT2D eigenvalue weighted by Crippen LogP contribution is -2.60. The van der Waals surface area contributed by atoms with Gasteiger partial charge < -0.3 is 33.5 Å². The molecule has 0 aromatic carbocycles. The number of ketones is 1. The molecule has 1 aromatic rings. The fraction of sp³-hybridized carbons (Fsp3) is 0.618. The average molecular weight is 674 g/mol. The van der Waals surface area contributed by atoms with Crippen LogP contribution >= 0.6 is 0 Å². The summed E-state index contributed by atoms with van der Waals surface area (Å²) in [5.74, 6) is -7.73. The Morgan fingerprint density at radius 3 is 2.08 bits per heavy atom. The van der Waals surface area contributed by atoms with Gasteiger partial charge in [-0.3, -0.25) is 29.0 Å². The number of hydrogen-bond donors (Lipinski definition) is 1. The summed E-state index contributed by atoms with van der Waals surface area (Å²) in [6.07, 6.45) is -6.85. The number of carbonyl (C=O) groups excluding carboxylic acids is 6. The Labute approximate surface area is 278 Å². The molecule has 1 saturated heterocycles. The van der Waals surface area contributed by atoms with Crippen molar-refractivity contribution in [2.45, 2.75) is 110 Å². The van der Waals surface area contributed by atoms with Gasteiger partial charge in [0.25, 0.3) is 0 Å². The number of carbonyl (C=O) groups is 6. The van der Waals surface area contributed by atoms with Gasteiger partial charge in [0.1, 0.15) is 24.4 Å². The fourth-order valence-electron chi connectivity index (χ4n) is 7.38. The topological polar surface area (TPSA) is 194 Å². The molecule has 2 heterocycles. The first-order valence-corrected chi connectivity index (χ1v) is 15.7. The monoisotopic (exact) mass is 673 g/mol. The number of fused-ring (bicyclic) bond motifs is 2. The highest BCUT2D eigenvalue weighted by molar-refractivity contribution is 5.93. The normalized spacial score (nSPS) is 35.8. The largest absolute Gasteiger partial charge is 0.462 e. The molecule has 14 nitrogen and oxygen atoms in total. The lowest BCUT2D eigenvalue weighted by Gasteiger charge is -2.44. The molecule has 14 heteroatoms. The van der Waals surface area contributed by atoms with Crippen LogP contribution in [0, 0.1) is 23.2 Å². The number of rotatable bonds is 6. The molecule has 0 radical (unpaired) electrons. The van der Waals surface area contributed by atoms with E-state index in [-0.39, 0.29) is 17.6 Å². The van der Waals surface area contributed by atoms with Crippen LogP contribution in [-0.2, 0) is 52.4 Å². The van der Waals surface area contributed by atoms with Crippen LogP contribution in [0.5, 0.6) is 0 Å². The first kappa shape index (κ1) is 36.7. The van der Waals surface area contributed by atoms with Gasteiger partial charge in [-0.1, -0.05) is 34.3 Å². The minimum absolute atomic E-state index is 0.0689. The Balaban J connectivity index is 1.98. The van der Waals surface area contributed by atoms with Crippen molar-refractivity contribution in [2.24, 2.45) is 23.2 Å². The van der Waals surface area contributed by atoms with Crippen LogP contribution in [-0.4, -0.2) is 94.0 Å². The molecule has 3 aliphatic rings. The Bertz CT molecular complexity index is 1470. The second-order valence-corrected chi connectivity index (χ2v) is 13.5. The third kappa shape index (κ3) is 7.00. The molecule has 1 aromatic heterocycles. The first-order chi connectivity index (χ1) is 22.3. The van der Waals surface area contributed by atoms with Crippen LogP contribution in [0.15, 0.2) is 36.7 Å². The summed E-state index contributed by atoms with van der Waals surface area (Å²) in [5, 5.41) is 12.1. The molecule has 1 aliphatic heterocycles. The van der Waals surface area contributed by atoms with Gasteiger partial charge in [0.05, 0.1) is 23.7 Å². The van der Waals surface area contributed by atoms with Gasteiger partial charge in [0.2, 0.25) is 0 Å². The summed E-state index contributed by atoms with van der Waals surface area (Å²) in [4.78, 5) is 82.5. The first-order valence-electron chi connectivity index (χ1n) is 15.7. The van der Waals surface area contributed by atoms with E-state index in [1.807, 2.05) is 0 Å². The maximum Gasteiger partial charge on any atom is 0.340 e. The van der Waals surface area contributed by atoms with E-state index in [4.69, 9.17) is 28.4 Å². The van der Waals surface area contributed by atoms with Gasteiger partial charge in [-0.15, -0.1) is 0 Å². The highest BCUT2D eigenvalue weighted by Gasteiger charge is 2.69. The summed E-state index contributed by atoms with van der Waals surface area (Å²) in [6.45, 7) is 15.1. The summed E-state index contributed by atoms with van der Waals surface area (Å²) < 4.78 is 35.0. The Kier molecular flexibility index (Phi) is 10.5. The number of ether oxygens (including phenoxy) is 6. The van der Waals surface area contributed by atoms with Crippen LogP contribution in [0.2, 0.25) is 0 Å². The average Bonchev–Trinajstić information content (AvgIpc) is 3.76. The highest BCUT2D eigenvalue weighted by Crippen LogP contribution is 2.54. The van der Waals surface area contributed by atoms with Gasteiger partial charge in [-0.05, 0) is 18.1 Å². The molecule has 0 bridgehead atoms. The molecule has 2 unspecified atom stereocenters. The zero-order valence-electron chi connectivity index (χ0n) is 28.3. The summed E-state index contributed by atoms with van der Waals surface area (Å²) in [7, 11) is 0. The maximum atomic E-state index is 14.7. The number of esters is 5. The molecular formula is C34H43NO13. The van der Waals surface area contributed by atoms with Gasteiger partial charge in [-0.2, -0.15) is 0 Å². The SMILES string of the molecule is C=C1C(OC(C)=O)[C@@H]2[C@@H](OC(C)=O)[C@@H](C)C[C@]2(OC(C)=O)C(=O)[C@H](C)[C@H]2O[C@@H]2C(C)(C)C(OC(=O)c2cccnc2)[C@H](O)[C@H]1OC(C)=O. The van der Waals surface area contributed by atoms with Crippen molar-refractivity contribution in [1.82, 2.24) is 4.98 Å². The van der Waals surface area contributed by atoms with Crippen molar-refractivity contribution in [3.63, 3.8) is 0 Å². The number of hydrogen-bond acceptors (Lipinski definition) is 14. The Morgan fingerprint density at radius 2 is 1.54 bits per heavy atom. The van der Waals surface area contributed by atoms with E-state index in [0.717, 1.165) is 27.7 Å². The number of pyridine rings is 1. The van der Waals surface area contributed by atoms with Crippen LogP contribution in [0.25, 0.3) is 0 Å². The van der Waals surface area contributed by atoms with Crippen molar-refractivity contribution in [1.29, 1.82) is 0 Å². The standard InChI is InChI=1S/C34H43NO13/c1-15-13-34(48-21(7)39)23(25(15)43-18(4)36)26(44-19(5)37)16(2)27(45-20(6)38)24(40)30(47-32(42)22-11-10-12-35-14-22)33(8,9)31-28(46-31)17(3)29(34)41/h10-12,14-15,17,23-28,30-31,40H,2,13H2,1,3-9H3/t15-,17+,23-,24+,25-,26?,27-,28+,30?,31-,34+/m0/s1. The molecule has 262 valence electrons. The fourth-order valence-corrected chi connectivity index (χ4v) is 7.38. The van der Waals surface area contributed by atoms with E-state index >= 15 is 0 Å². The van der Waals surface area contributed by atoms with Crippen molar-refractivity contribution >= 4 is 35.6 Å². The quantitative estimate of drug-likeness (QED) is 0.200. The second-order valence-electron chi connectivity index (χ2n) is 13.5. The molecule has 0 amide bonds. The van der Waals surface area contributed by atoms with E-state index in [1.165, 1.54) is 24.5 Å². The molecule has 2 aliphatic carbocycles. The zero-order valence-corrected chi connectivity index (χ0v) is 28.3. The lowest BCUT2D eigenvalue weighted by molar-refractivity contribution is -0.188. The minimum Gasteiger partial charge on any atom is -0.462 e. The van der Waals surface area contributed by atoms with Gasteiger partial charge in [-0.25, -0.2) is 4.79 Å². The smallest absolute Gasteiger partial charge is 0.340 e. The molecule has 3 fully saturated rings. The van der Waals surface area contributed by atoms with E-state index in [1.54, 1.807) is 27.7 Å². The molecular weight excluding hydrogens is 630 g/mol. The van der Waals surface area contributed by atoms with Crippen molar-refractivity contribution in [3.05, 3.63) is 42.2 Å². The highest BCUT2D eigenvalue weighted by atomic mass is 16.6. The summed E-state index contributed by atoms with van der Waals surface area (Å²) in [6, 6.07) is 2.99. The third-order valence-corrected chi connectivity index (χ3v) is 9.42. The van der Waals surface area contributed by atoms with Crippen LogP contribution < -0.4 is 0 Å². The number of Topliss-reactive ketones (excluding diaryl/α,β-unsaturated/α-hetero) is 1. The Hall–Kier alpha value is -4.17. The van der Waals surface area contributed by atoms with Crippen molar-refractivity contribution in [3.8, 4) is 0 Å². The molecule has 0 spiro atoms. The van der Waals surface area contributed by atoms with E-state index in [0.29, 0.717) is 0 Å².